The molecule has 1 fully saturated rings. The number of hydrogen-bond acceptors (Lipinski definition) is 3. The van der Waals surface area contributed by atoms with Crippen LogP contribution in [-0.2, 0) is 30.7 Å². The van der Waals surface area contributed by atoms with Gasteiger partial charge in [0.05, 0.1) is 13.2 Å². The minimum atomic E-state index is 0.00164. The van der Waals surface area contributed by atoms with Gasteiger partial charge in [0.25, 0.3) is 5.91 Å². The molecule has 1 aliphatic carbocycles. The Morgan fingerprint density at radius 3 is 2.48 bits per heavy atom. The van der Waals surface area contributed by atoms with Crippen LogP contribution >= 0.6 is 0 Å². The molecule has 29 heavy (non-hydrogen) atoms. The number of nitrogens with one attached hydrogen (secondary N) is 1. The highest BCUT2D eigenvalue weighted by Gasteiger charge is 2.19. The number of hydrogen-bond donors (Lipinski definition) is 1. The van der Waals surface area contributed by atoms with Crippen molar-refractivity contribution in [2.45, 2.75) is 25.9 Å². The molecule has 1 heterocycles. The summed E-state index contributed by atoms with van der Waals surface area (Å²) in [5.41, 5.74) is 5.96. The third kappa shape index (κ3) is 3.66. The Kier molecular flexibility index (Phi) is 5.04. The van der Waals surface area contributed by atoms with Crippen LogP contribution in [0.3, 0.4) is 0 Å². The predicted molar refractivity (Wildman–Crippen MR) is 115 cm³/mol. The molecule has 4 nitrogen and oxygen atoms in total. The first-order valence-electron chi connectivity index (χ1n) is 10.5. The van der Waals surface area contributed by atoms with Crippen LogP contribution in [0.5, 0.6) is 0 Å². The van der Waals surface area contributed by atoms with Gasteiger partial charge in [0.15, 0.2) is 0 Å². The third-order valence-electron chi connectivity index (χ3n) is 6.18. The number of carbonyl (C=O) groups excluding carboxylic acids is 1. The summed E-state index contributed by atoms with van der Waals surface area (Å²) in [6, 6.07) is 18.8. The normalized spacial score (nSPS) is 16.3. The van der Waals surface area contributed by atoms with Gasteiger partial charge in [-0.05, 0) is 51.9 Å². The molecule has 1 amide bonds. The van der Waals surface area contributed by atoms with Gasteiger partial charge in [-0.15, -0.1) is 0 Å². The third-order valence-corrected chi connectivity index (χ3v) is 6.18. The number of rotatable bonds is 5. The summed E-state index contributed by atoms with van der Waals surface area (Å²) in [5.74, 6) is 0.00164. The fourth-order valence-electron chi connectivity index (χ4n) is 4.60. The van der Waals surface area contributed by atoms with E-state index in [1.54, 1.807) is 0 Å². The van der Waals surface area contributed by atoms with E-state index < -0.39 is 0 Å². The molecule has 4 heteroatoms. The number of morpholine rings is 1. The number of carbonyl (C=O) groups is 1. The molecule has 0 saturated carbocycles. The highest BCUT2D eigenvalue weighted by Crippen LogP contribution is 2.32. The van der Waals surface area contributed by atoms with E-state index in [4.69, 9.17) is 4.74 Å². The van der Waals surface area contributed by atoms with Gasteiger partial charge in [-0.2, -0.15) is 0 Å². The fraction of sp³-hybridized carbons (Fsp3) is 0.320. The van der Waals surface area contributed by atoms with Crippen molar-refractivity contribution in [3.63, 3.8) is 0 Å². The Morgan fingerprint density at radius 2 is 1.66 bits per heavy atom. The molecule has 0 unspecified atom stereocenters. The number of aryl methyl sites for hydroxylation is 2. The number of benzene rings is 3. The number of amides is 1. The van der Waals surface area contributed by atoms with Gasteiger partial charge in [-0.1, -0.05) is 48.5 Å². The van der Waals surface area contributed by atoms with Gasteiger partial charge in [0.1, 0.15) is 0 Å². The minimum Gasteiger partial charge on any atom is -0.379 e. The lowest BCUT2D eigenvalue weighted by Gasteiger charge is -2.27. The van der Waals surface area contributed by atoms with Crippen LogP contribution in [0.25, 0.3) is 10.8 Å². The topological polar surface area (TPSA) is 41.6 Å². The number of nitrogens with zero attached hydrogens (tertiary/aromatic N) is 1. The van der Waals surface area contributed by atoms with Crippen LogP contribution in [0, 0.1) is 0 Å². The van der Waals surface area contributed by atoms with Crippen LogP contribution in [0.1, 0.15) is 32.6 Å². The van der Waals surface area contributed by atoms with Crippen molar-refractivity contribution in [2.75, 3.05) is 26.3 Å². The SMILES string of the molecule is O=C(NCc1ccccc1CN1CCOCC1)c1ccc2c3c(cccc13)CC2. The average molecular weight is 386 g/mol. The van der Waals surface area contributed by atoms with Crippen molar-refractivity contribution in [1.82, 2.24) is 10.2 Å². The van der Waals surface area contributed by atoms with Crippen molar-refractivity contribution >= 4 is 16.7 Å². The molecule has 1 saturated heterocycles. The molecule has 1 aliphatic heterocycles. The van der Waals surface area contributed by atoms with E-state index in [9.17, 15) is 4.79 Å². The zero-order chi connectivity index (χ0) is 19.6. The zero-order valence-corrected chi connectivity index (χ0v) is 16.6. The molecule has 1 N–H and O–H groups in total. The van der Waals surface area contributed by atoms with Gasteiger partial charge in [0.2, 0.25) is 0 Å². The molecule has 0 bridgehead atoms. The first-order valence-corrected chi connectivity index (χ1v) is 10.5. The first-order chi connectivity index (χ1) is 14.3. The van der Waals surface area contributed by atoms with Crippen molar-refractivity contribution in [3.05, 3.63) is 82.4 Å². The van der Waals surface area contributed by atoms with Gasteiger partial charge in [-0.3, -0.25) is 9.69 Å². The Labute approximate surface area is 171 Å². The second-order valence-electron chi connectivity index (χ2n) is 7.95. The monoisotopic (exact) mass is 386 g/mol. The standard InChI is InChI=1S/C25H26N2O2/c28-25(23-11-10-19-9-8-18-6-3-7-22(23)24(18)19)26-16-20-4-1-2-5-21(20)17-27-12-14-29-15-13-27/h1-7,10-11H,8-9,12-17H2,(H,26,28). The molecule has 0 radical (unpaired) electrons. The van der Waals surface area contributed by atoms with E-state index in [-0.39, 0.29) is 5.91 Å². The molecule has 5 rings (SSSR count). The summed E-state index contributed by atoms with van der Waals surface area (Å²) in [6.07, 6.45) is 2.15. The maximum absolute atomic E-state index is 13.0. The van der Waals surface area contributed by atoms with E-state index in [0.717, 1.165) is 56.6 Å². The highest BCUT2D eigenvalue weighted by atomic mass is 16.5. The van der Waals surface area contributed by atoms with Crippen LogP contribution in [-0.4, -0.2) is 37.1 Å². The molecule has 0 atom stereocenters. The van der Waals surface area contributed by atoms with E-state index >= 15 is 0 Å². The number of ether oxygens (including phenoxy) is 1. The predicted octanol–water partition coefficient (Wildman–Crippen LogP) is 3.70. The lowest BCUT2D eigenvalue weighted by molar-refractivity contribution is 0.0340. The van der Waals surface area contributed by atoms with E-state index in [0.29, 0.717) is 6.54 Å². The van der Waals surface area contributed by atoms with Crippen molar-refractivity contribution in [2.24, 2.45) is 0 Å². The largest absolute Gasteiger partial charge is 0.379 e. The lowest BCUT2D eigenvalue weighted by Crippen LogP contribution is -2.36. The Balaban J connectivity index is 1.34. The zero-order valence-electron chi connectivity index (χ0n) is 16.6. The molecule has 2 aliphatic rings. The summed E-state index contributed by atoms with van der Waals surface area (Å²) < 4.78 is 5.45. The van der Waals surface area contributed by atoms with E-state index in [2.05, 4.69) is 52.7 Å². The molecule has 148 valence electrons. The van der Waals surface area contributed by atoms with E-state index in [1.807, 2.05) is 12.1 Å². The molecular weight excluding hydrogens is 360 g/mol. The van der Waals surface area contributed by atoms with Gasteiger partial charge in [0, 0.05) is 31.7 Å². The Morgan fingerprint density at radius 1 is 0.897 bits per heavy atom. The summed E-state index contributed by atoms with van der Waals surface area (Å²) in [4.78, 5) is 15.4. The summed E-state index contributed by atoms with van der Waals surface area (Å²) in [5, 5.41) is 5.53. The summed E-state index contributed by atoms with van der Waals surface area (Å²) in [7, 11) is 0. The van der Waals surface area contributed by atoms with Crippen molar-refractivity contribution < 1.29 is 9.53 Å². The molecule has 0 aromatic heterocycles. The average Bonchev–Trinajstić information content (AvgIpc) is 3.19. The van der Waals surface area contributed by atoms with Crippen LogP contribution < -0.4 is 5.32 Å². The van der Waals surface area contributed by atoms with E-state index in [1.165, 1.54) is 27.6 Å². The quantitative estimate of drug-likeness (QED) is 0.727. The maximum Gasteiger partial charge on any atom is 0.252 e. The molecule has 0 spiro atoms. The van der Waals surface area contributed by atoms with Gasteiger partial charge < -0.3 is 10.1 Å². The van der Waals surface area contributed by atoms with Crippen molar-refractivity contribution in [1.29, 1.82) is 0 Å². The summed E-state index contributed by atoms with van der Waals surface area (Å²) in [6.45, 7) is 4.95. The van der Waals surface area contributed by atoms with Crippen LogP contribution in [0.2, 0.25) is 0 Å². The van der Waals surface area contributed by atoms with Gasteiger partial charge >= 0.3 is 0 Å². The second kappa shape index (κ2) is 7.97. The second-order valence-corrected chi connectivity index (χ2v) is 7.95. The first kappa shape index (κ1) is 18.3. The summed E-state index contributed by atoms with van der Waals surface area (Å²) >= 11 is 0. The molecule has 3 aromatic carbocycles. The minimum absolute atomic E-state index is 0.00164. The van der Waals surface area contributed by atoms with Crippen LogP contribution in [0.4, 0.5) is 0 Å². The molecule has 3 aromatic rings. The smallest absolute Gasteiger partial charge is 0.252 e. The Bertz CT molecular complexity index is 1040. The molecular formula is C25H26N2O2. The van der Waals surface area contributed by atoms with Crippen molar-refractivity contribution in [3.8, 4) is 0 Å². The van der Waals surface area contributed by atoms with Crippen LogP contribution in [0.15, 0.2) is 54.6 Å². The van der Waals surface area contributed by atoms with Gasteiger partial charge in [-0.25, -0.2) is 0 Å². The fourth-order valence-corrected chi connectivity index (χ4v) is 4.60. The highest BCUT2D eigenvalue weighted by molar-refractivity contribution is 6.09. The maximum atomic E-state index is 13.0. The Hall–Kier alpha value is -2.69. The lowest BCUT2D eigenvalue weighted by atomic mass is 9.99.